The summed E-state index contributed by atoms with van der Waals surface area (Å²) in [5, 5.41) is 0.673. The van der Waals surface area contributed by atoms with Gasteiger partial charge >= 0.3 is 0 Å². The summed E-state index contributed by atoms with van der Waals surface area (Å²) in [7, 11) is 0. The second-order valence-corrected chi connectivity index (χ2v) is 7.89. The Labute approximate surface area is 159 Å². The smallest absolute Gasteiger partial charge is 0.238 e. The minimum atomic E-state index is -0.643. The molecular formula is C20H13Cl2NO3. The van der Waals surface area contributed by atoms with Crippen LogP contribution in [-0.2, 0) is 14.4 Å². The molecule has 1 heterocycles. The number of anilines is 1. The second-order valence-electron chi connectivity index (χ2n) is 7.04. The van der Waals surface area contributed by atoms with Gasteiger partial charge in [-0.2, -0.15) is 0 Å². The van der Waals surface area contributed by atoms with Crippen LogP contribution in [0.4, 0.5) is 5.69 Å². The van der Waals surface area contributed by atoms with Crippen LogP contribution in [0.25, 0.3) is 0 Å². The molecular weight excluding hydrogens is 373 g/mol. The molecule has 4 atom stereocenters. The first kappa shape index (κ1) is 16.0. The van der Waals surface area contributed by atoms with Gasteiger partial charge in [-0.05, 0) is 29.3 Å². The molecule has 0 aromatic heterocycles. The van der Waals surface area contributed by atoms with Gasteiger partial charge in [0.2, 0.25) is 11.8 Å². The Hall–Kier alpha value is -2.17. The SMILES string of the molecule is O=C1C[C@H]2c3ccccc3[C@H]1[C@H]1C(=O)N(c3ccc(Cl)cc3Cl)C(=O)[C@@H]12. The number of nitrogens with zero attached hydrogens (tertiary/aromatic N) is 1. The molecule has 2 fully saturated rings. The molecule has 0 radical (unpaired) electrons. The van der Waals surface area contributed by atoms with E-state index in [-0.39, 0.29) is 28.5 Å². The van der Waals surface area contributed by atoms with Crippen molar-refractivity contribution in [3.63, 3.8) is 0 Å². The van der Waals surface area contributed by atoms with Crippen LogP contribution in [0, 0.1) is 11.8 Å². The number of benzene rings is 2. The van der Waals surface area contributed by atoms with Crippen molar-refractivity contribution in [2.45, 2.75) is 18.3 Å². The van der Waals surface area contributed by atoms with Crippen molar-refractivity contribution in [1.29, 1.82) is 0 Å². The maximum absolute atomic E-state index is 13.2. The lowest BCUT2D eigenvalue weighted by atomic mass is 9.56. The lowest BCUT2D eigenvalue weighted by Gasteiger charge is -2.43. The number of hydrogen-bond donors (Lipinski definition) is 0. The van der Waals surface area contributed by atoms with Crippen LogP contribution in [0.15, 0.2) is 42.5 Å². The van der Waals surface area contributed by atoms with Crippen molar-refractivity contribution in [1.82, 2.24) is 0 Å². The summed E-state index contributed by atoms with van der Waals surface area (Å²) in [6.45, 7) is 0. The molecule has 3 aliphatic carbocycles. The highest BCUT2D eigenvalue weighted by Crippen LogP contribution is 2.58. The number of amides is 2. The number of fused-ring (bicyclic) bond motifs is 1. The van der Waals surface area contributed by atoms with Crippen LogP contribution >= 0.6 is 23.2 Å². The molecule has 0 unspecified atom stereocenters. The van der Waals surface area contributed by atoms with Gasteiger partial charge in [0.1, 0.15) is 5.78 Å². The van der Waals surface area contributed by atoms with Crippen molar-refractivity contribution in [2.24, 2.45) is 11.8 Å². The zero-order chi connectivity index (χ0) is 18.2. The molecule has 6 rings (SSSR count). The number of imide groups is 1. The van der Waals surface area contributed by atoms with Gasteiger partial charge in [-0.1, -0.05) is 47.5 Å². The molecule has 4 aliphatic rings. The van der Waals surface area contributed by atoms with Gasteiger partial charge in [-0.15, -0.1) is 0 Å². The minimum absolute atomic E-state index is 0.0418. The number of hydrogen-bond acceptors (Lipinski definition) is 3. The third-order valence-electron chi connectivity index (χ3n) is 5.84. The molecule has 26 heavy (non-hydrogen) atoms. The van der Waals surface area contributed by atoms with Crippen molar-refractivity contribution >= 4 is 46.5 Å². The normalized spacial score (nSPS) is 29.2. The quantitative estimate of drug-likeness (QED) is 0.698. The first-order chi connectivity index (χ1) is 12.5. The Balaban J connectivity index is 1.66. The molecule has 2 amide bonds. The maximum Gasteiger partial charge on any atom is 0.238 e. The maximum atomic E-state index is 13.2. The highest BCUT2D eigenvalue weighted by atomic mass is 35.5. The summed E-state index contributed by atoms with van der Waals surface area (Å²) < 4.78 is 0. The zero-order valence-corrected chi connectivity index (χ0v) is 15.0. The Kier molecular flexibility index (Phi) is 3.34. The number of rotatable bonds is 1. The molecule has 130 valence electrons. The Morgan fingerprint density at radius 3 is 2.31 bits per heavy atom. The Bertz CT molecular complexity index is 1000. The predicted octanol–water partition coefficient (Wildman–Crippen LogP) is 3.95. The molecule has 0 spiro atoms. The highest BCUT2D eigenvalue weighted by Gasteiger charge is 2.62. The Morgan fingerprint density at radius 1 is 0.885 bits per heavy atom. The minimum Gasteiger partial charge on any atom is -0.299 e. The Morgan fingerprint density at radius 2 is 1.58 bits per heavy atom. The van der Waals surface area contributed by atoms with E-state index in [1.807, 2.05) is 24.3 Å². The van der Waals surface area contributed by atoms with Gasteiger partial charge in [-0.3, -0.25) is 14.4 Å². The third kappa shape index (κ3) is 1.94. The van der Waals surface area contributed by atoms with Crippen LogP contribution in [-0.4, -0.2) is 17.6 Å². The average Bonchev–Trinajstić information content (AvgIpc) is 2.88. The molecule has 2 aromatic carbocycles. The molecule has 1 saturated carbocycles. The van der Waals surface area contributed by atoms with Gasteiger partial charge in [0.15, 0.2) is 0 Å². The first-order valence-electron chi connectivity index (χ1n) is 8.43. The fourth-order valence-corrected chi connectivity index (χ4v) is 5.35. The number of carbonyl (C=O) groups excluding carboxylic acids is 3. The van der Waals surface area contributed by atoms with Crippen LogP contribution < -0.4 is 4.90 Å². The molecule has 6 heteroatoms. The number of halogens is 2. The lowest BCUT2D eigenvalue weighted by Crippen LogP contribution is -2.44. The van der Waals surface area contributed by atoms with Crippen molar-refractivity contribution < 1.29 is 14.4 Å². The van der Waals surface area contributed by atoms with E-state index in [0.29, 0.717) is 17.1 Å². The molecule has 1 aliphatic heterocycles. The standard InChI is InChI=1S/C20H13Cl2NO3/c21-9-5-6-14(13(22)7-9)23-19(25)17-12-8-15(24)16(18(17)20(23)26)11-4-2-1-3-10(11)12/h1-7,12,16-18H,8H2/t12-,16+,17+,18+/m0/s1. The van der Waals surface area contributed by atoms with Crippen LogP contribution in [0.1, 0.15) is 29.4 Å². The monoisotopic (exact) mass is 385 g/mol. The first-order valence-corrected chi connectivity index (χ1v) is 9.19. The van der Waals surface area contributed by atoms with E-state index >= 15 is 0 Å². The predicted molar refractivity (Wildman–Crippen MR) is 97.5 cm³/mol. The van der Waals surface area contributed by atoms with E-state index < -0.39 is 17.8 Å². The lowest BCUT2D eigenvalue weighted by molar-refractivity contribution is -0.134. The number of ketones is 1. The summed E-state index contributed by atoms with van der Waals surface area (Å²) >= 11 is 12.2. The van der Waals surface area contributed by atoms with E-state index in [1.54, 1.807) is 12.1 Å². The van der Waals surface area contributed by atoms with Gasteiger partial charge < -0.3 is 0 Å². The summed E-state index contributed by atoms with van der Waals surface area (Å²) in [6, 6.07) is 12.3. The van der Waals surface area contributed by atoms with Gasteiger partial charge in [0, 0.05) is 17.4 Å². The third-order valence-corrected chi connectivity index (χ3v) is 6.38. The van der Waals surface area contributed by atoms with Crippen LogP contribution in [0.3, 0.4) is 0 Å². The second kappa shape index (κ2) is 5.41. The topological polar surface area (TPSA) is 54.5 Å². The molecule has 2 aromatic rings. The van der Waals surface area contributed by atoms with Gasteiger partial charge in [0.05, 0.1) is 28.5 Å². The highest BCUT2D eigenvalue weighted by molar-refractivity contribution is 6.38. The summed E-state index contributed by atoms with van der Waals surface area (Å²) in [4.78, 5) is 40.2. The van der Waals surface area contributed by atoms with E-state index in [2.05, 4.69) is 0 Å². The van der Waals surface area contributed by atoms with E-state index in [1.165, 1.54) is 6.07 Å². The van der Waals surface area contributed by atoms with E-state index in [9.17, 15) is 14.4 Å². The average molecular weight is 386 g/mol. The summed E-state index contributed by atoms with van der Waals surface area (Å²) in [5.74, 6) is -2.53. The molecule has 1 saturated heterocycles. The van der Waals surface area contributed by atoms with E-state index in [0.717, 1.165) is 16.0 Å². The summed E-state index contributed by atoms with van der Waals surface area (Å²) in [5.41, 5.74) is 2.24. The fourth-order valence-electron chi connectivity index (χ4n) is 4.86. The number of Topliss-reactive ketones (excluding diaryl/α,β-unsaturated/α-hetero) is 1. The van der Waals surface area contributed by atoms with Crippen molar-refractivity contribution in [2.75, 3.05) is 4.90 Å². The molecule has 0 N–H and O–H groups in total. The largest absolute Gasteiger partial charge is 0.299 e. The number of carbonyl (C=O) groups is 3. The molecule has 2 bridgehead atoms. The zero-order valence-electron chi connectivity index (χ0n) is 13.5. The fraction of sp³-hybridized carbons (Fsp3) is 0.250. The van der Waals surface area contributed by atoms with E-state index in [4.69, 9.17) is 23.2 Å². The van der Waals surface area contributed by atoms with Gasteiger partial charge in [0.25, 0.3) is 0 Å². The molecule has 4 nitrogen and oxygen atoms in total. The van der Waals surface area contributed by atoms with Crippen LogP contribution in [0.5, 0.6) is 0 Å². The van der Waals surface area contributed by atoms with Crippen LogP contribution in [0.2, 0.25) is 10.0 Å². The van der Waals surface area contributed by atoms with Crippen molar-refractivity contribution in [3.05, 3.63) is 63.6 Å². The van der Waals surface area contributed by atoms with Crippen molar-refractivity contribution in [3.8, 4) is 0 Å². The summed E-state index contributed by atoms with van der Waals surface area (Å²) in [6.07, 6.45) is 0.310. The van der Waals surface area contributed by atoms with Gasteiger partial charge in [-0.25, -0.2) is 4.90 Å².